The Morgan fingerprint density at radius 2 is 2.47 bits per heavy atom. The first-order chi connectivity index (χ1) is 8.15. The van der Waals surface area contributed by atoms with Crippen LogP contribution < -0.4 is 11.1 Å². The van der Waals surface area contributed by atoms with E-state index in [9.17, 15) is 4.79 Å². The van der Waals surface area contributed by atoms with Crippen LogP contribution in [0.5, 0.6) is 0 Å². The average Bonchev–Trinajstić information content (AvgIpc) is 2.29. The molecule has 0 spiro atoms. The number of anilines is 1. The van der Waals surface area contributed by atoms with Gasteiger partial charge in [0.15, 0.2) is 0 Å². The Balaban J connectivity index is 2.02. The first-order valence-electron chi connectivity index (χ1n) is 5.79. The summed E-state index contributed by atoms with van der Waals surface area (Å²) in [6, 6.07) is 3.90. The molecule has 1 saturated heterocycles. The highest BCUT2D eigenvalue weighted by Crippen LogP contribution is 2.18. The van der Waals surface area contributed by atoms with Crippen LogP contribution in [0, 0.1) is 0 Å². The molecule has 3 N–H and O–H groups in total. The summed E-state index contributed by atoms with van der Waals surface area (Å²) in [5, 5.41) is 3.38. The molecule has 0 bridgehead atoms. The Bertz CT molecular complexity index is 408. The number of nitrogens with zero attached hydrogens (tertiary/aromatic N) is 1. The Morgan fingerprint density at radius 1 is 1.65 bits per heavy atom. The van der Waals surface area contributed by atoms with Crippen LogP contribution in [-0.4, -0.2) is 29.6 Å². The molecule has 2 heterocycles. The van der Waals surface area contributed by atoms with Gasteiger partial charge in [-0.3, -0.25) is 9.78 Å². The predicted octanol–water partition coefficient (Wildman–Crippen LogP) is 1.16. The number of ether oxygens (including phenoxy) is 1. The summed E-state index contributed by atoms with van der Waals surface area (Å²) >= 11 is 0. The molecule has 0 radical (unpaired) electrons. The summed E-state index contributed by atoms with van der Waals surface area (Å²) < 4.78 is 5.48. The molecule has 2 unspecified atom stereocenters. The van der Waals surface area contributed by atoms with E-state index in [4.69, 9.17) is 10.5 Å². The monoisotopic (exact) mass is 235 g/mol. The maximum absolute atomic E-state index is 11.0. The minimum atomic E-state index is -0.506. The molecular weight excluding hydrogens is 218 g/mol. The van der Waals surface area contributed by atoms with Gasteiger partial charge in [0.25, 0.3) is 5.91 Å². The quantitative estimate of drug-likeness (QED) is 0.824. The van der Waals surface area contributed by atoms with E-state index in [1.165, 1.54) is 0 Å². The highest BCUT2D eigenvalue weighted by molar-refractivity contribution is 5.91. The van der Waals surface area contributed by atoms with Crippen LogP contribution in [-0.2, 0) is 4.74 Å². The van der Waals surface area contributed by atoms with Gasteiger partial charge in [-0.15, -0.1) is 0 Å². The predicted molar refractivity (Wildman–Crippen MR) is 64.8 cm³/mol. The molecule has 2 atom stereocenters. The third-order valence-corrected chi connectivity index (χ3v) is 2.87. The van der Waals surface area contributed by atoms with Crippen LogP contribution in [0.1, 0.15) is 30.3 Å². The van der Waals surface area contributed by atoms with Crippen LogP contribution in [0.3, 0.4) is 0 Å². The van der Waals surface area contributed by atoms with Crippen LogP contribution in [0.4, 0.5) is 5.69 Å². The number of amides is 1. The highest BCUT2D eigenvalue weighted by Gasteiger charge is 2.19. The standard InChI is InChI=1S/C12H17N3O2/c1-8-6-10(3-5-17-8)15-9-2-4-14-11(7-9)12(13)16/h2,4,7-8,10H,3,5-6H2,1H3,(H2,13,16)(H,14,15). The first-order valence-corrected chi connectivity index (χ1v) is 5.79. The van der Waals surface area contributed by atoms with Crippen molar-refractivity contribution in [2.24, 2.45) is 5.73 Å². The second-order valence-electron chi connectivity index (χ2n) is 4.34. The molecule has 1 aromatic rings. The zero-order chi connectivity index (χ0) is 12.3. The van der Waals surface area contributed by atoms with Gasteiger partial charge in [0.2, 0.25) is 0 Å². The highest BCUT2D eigenvalue weighted by atomic mass is 16.5. The van der Waals surface area contributed by atoms with E-state index in [0.29, 0.717) is 6.04 Å². The fourth-order valence-electron chi connectivity index (χ4n) is 2.02. The minimum Gasteiger partial charge on any atom is -0.382 e. The summed E-state index contributed by atoms with van der Waals surface area (Å²) in [6.07, 6.45) is 3.80. The molecule has 5 heteroatoms. The Labute approximate surface area is 100 Å². The lowest BCUT2D eigenvalue weighted by Gasteiger charge is -2.28. The molecule has 1 fully saturated rings. The fourth-order valence-corrected chi connectivity index (χ4v) is 2.02. The van der Waals surface area contributed by atoms with Crippen molar-refractivity contribution in [2.45, 2.75) is 31.9 Å². The Kier molecular flexibility index (Phi) is 3.58. The molecule has 2 rings (SSSR count). The number of nitrogens with one attached hydrogen (secondary N) is 1. The van der Waals surface area contributed by atoms with Gasteiger partial charge in [0.1, 0.15) is 5.69 Å². The van der Waals surface area contributed by atoms with E-state index in [1.807, 2.05) is 6.07 Å². The average molecular weight is 235 g/mol. The number of carbonyl (C=O) groups excluding carboxylic acids is 1. The van der Waals surface area contributed by atoms with E-state index in [1.54, 1.807) is 12.3 Å². The van der Waals surface area contributed by atoms with Crippen molar-refractivity contribution in [1.29, 1.82) is 0 Å². The summed E-state index contributed by atoms with van der Waals surface area (Å²) in [6.45, 7) is 2.84. The van der Waals surface area contributed by atoms with Crippen LogP contribution >= 0.6 is 0 Å². The molecule has 0 aromatic carbocycles. The van der Waals surface area contributed by atoms with Crippen LogP contribution in [0.2, 0.25) is 0 Å². The van der Waals surface area contributed by atoms with Crippen molar-refractivity contribution in [3.05, 3.63) is 24.0 Å². The van der Waals surface area contributed by atoms with E-state index in [-0.39, 0.29) is 11.8 Å². The molecular formula is C12H17N3O2. The molecule has 1 aliphatic rings. The van der Waals surface area contributed by atoms with E-state index >= 15 is 0 Å². The van der Waals surface area contributed by atoms with Gasteiger partial charge in [-0.2, -0.15) is 0 Å². The van der Waals surface area contributed by atoms with Crippen molar-refractivity contribution in [1.82, 2.24) is 4.98 Å². The SMILES string of the molecule is CC1CC(Nc2ccnc(C(N)=O)c2)CCO1. The van der Waals surface area contributed by atoms with Crippen molar-refractivity contribution in [3.63, 3.8) is 0 Å². The van der Waals surface area contributed by atoms with Gasteiger partial charge in [-0.05, 0) is 31.9 Å². The maximum atomic E-state index is 11.0. The third kappa shape index (κ3) is 3.17. The minimum absolute atomic E-state index is 0.277. The van der Waals surface area contributed by atoms with E-state index < -0.39 is 5.91 Å². The van der Waals surface area contributed by atoms with E-state index in [2.05, 4.69) is 17.2 Å². The number of hydrogen-bond acceptors (Lipinski definition) is 4. The molecule has 0 saturated carbocycles. The van der Waals surface area contributed by atoms with Gasteiger partial charge in [-0.1, -0.05) is 0 Å². The van der Waals surface area contributed by atoms with Crippen LogP contribution in [0.15, 0.2) is 18.3 Å². The summed E-state index contributed by atoms with van der Waals surface area (Å²) in [7, 11) is 0. The van der Waals surface area contributed by atoms with Gasteiger partial charge < -0.3 is 15.8 Å². The van der Waals surface area contributed by atoms with Crippen molar-refractivity contribution < 1.29 is 9.53 Å². The molecule has 1 amide bonds. The van der Waals surface area contributed by atoms with Crippen molar-refractivity contribution in [3.8, 4) is 0 Å². The summed E-state index contributed by atoms with van der Waals surface area (Å²) in [5.41, 5.74) is 6.36. The summed E-state index contributed by atoms with van der Waals surface area (Å²) in [5.74, 6) is -0.506. The molecule has 0 aliphatic carbocycles. The number of primary amides is 1. The largest absolute Gasteiger partial charge is 0.382 e. The zero-order valence-corrected chi connectivity index (χ0v) is 9.85. The van der Waals surface area contributed by atoms with Gasteiger partial charge in [-0.25, -0.2) is 0 Å². The number of carbonyl (C=O) groups is 1. The second-order valence-corrected chi connectivity index (χ2v) is 4.34. The van der Waals surface area contributed by atoms with Gasteiger partial charge in [0.05, 0.1) is 6.10 Å². The molecule has 1 aromatic heterocycles. The molecule has 1 aliphatic heterocycles. The summed E-state index contributed by atoms with van der Waals surface area (Å²) in [4.78, 5) is 14.9. The number of rotatable bonds is 3. The number of hydrogen-bond donors (Lipinski definition) is 2. The fraction of sp³-hybridized carbons (Fsp3) is 0.500. The lowest BCUT2D eigenvalue weighted by Crippen LogP contribution is -2.32. The molecule has 92 valence electrons. The second kappa shape index (κ2) is 5.14. The van der Waals surface area contributed by atoms with Gasteiger partial charge >= 0.3 is 0 Å². The first kappa shape index (κ1) is 11.9. The van der Waals surface area contributed by atoms with E-state index in [0.717, 1.165) is 25.1 Å². The topological polar surface area (TPSA) is 77.2 Å². The maximum Gasteiger partial charge on any atom is 0.267 e. The van der Waals surface area contributed by atoms with Crippen molar-refractivity contribution >= 4 is 11.6 Å². The third-order valence-electron chi connectivity index (χ3n) is 2.87. The number of pyridine rings is 1. The van der Waals surface area contributed by atoms with Gasteiger partial charge in [0, 0.05) is 24.5 Å². The van der Waals surface area contributed by atoms with Crippen LogP contribution in [0.25, 0.3) is 0 Å². The molecule has 5 nitrogen and oxygen atoms in total. The normalized spacial score (nSPS) is 24.3. The Hall–Kier alpha value is -1.62. The smallest absolute Gasteiger partial charge is 0.267 e. The lowest BCUT2D eigenvalue weighted by molar-refractivity contribution is 0.0232. The zero-order valence-electron chi connectivity index (χ0n) is 9.85. The number of aromatic nitrogens is 1. The Morgan fingerprint density at radius 3 is 3.18 bits per heavy atom. The van der Waals surface area contributed by atoms with Crippen molar-refractivity contribution in [2.75, 3.05) is 11.9 Å². The molecule has 17 heavy (non-hydrogen) atoms. The lowest BCUT2D eigenvalue weighted by atomic mass is 10.0. The number of nitrogens with two attached hydrogens (primary N) is 1.